The summed E-state index contributed by atoms with van der Waals surface area (Å²) in [7, 11) is 0. The maximum atomic E-state index is 11.6. The van der Waals surface area contributed by atoms with Gasteiger partial charge < -0.3 is 15.7 Å². The van der Waals surface area contributed by atoms with Gasteiger partial charge in [-0.15, -0.1) is 0 Å². The number of nitrogens with one attached hydrogen (secondary N) is 2. The van der Waals surface area contributed by atoms with Crippen molar-refractivity contribution in [2.75, 3.05) is 0 Å². The van der Waals surface area contributed by atoms with Gasteiger partial charge in [0.15, 0.2) is 0 Å². The number of thiophene rings is 1. The molecule has 0 unspecified atom stereocenters. The van der Waals surface area contributed by atoms with Crippen LogP contribution in [0.15, 0.2) is 16.8 Å². The van der Waals surface area contributed by atoms with Crippen LogP contribution < -0.4 is 10.6 Å². The van der Waals surface area contributed by atoms with E-state index in [9.17, 15) is 9.59 Å². The molecule has 1 heterocycles. The predicted octanol–water partition coefficient (Wildman–Crippen LogP) is 2.05. The van der Waals surface area contributed by atoms with E-state index in [4.69, 9.17) is 5.11 Å². The molecule has 0 aromatic carbocycles. The molecule has 1 atom stereocenters. The van der Waals surface area contributed by atoms with Gasteiger partial charge in [-0.25, -0.2) is 9.59 Å². The third kappa shape index (κ3) is 4.37. The van der Waals surface area contributed by atoms with Gasteiger partial charge in [-0.1, -0.05) is 20.8 Å². The van der Waals surface area contributed by atoms with Gasteiger partial charge in [-0.2, -0.15) is 11.3 Å². The zero-order valence-corrected chi connectivity index (χ0v) is 11.5. The number of hydrogen-bond donors (Lipinski definition) is 3. The predicted molar refractivity (Wildman–Crippen MR) is 70.6 cm³/mol. The highest BCUT2D eigenvalue weighted by molar-refractivity contribution is 7.07. The van der Waals surface area contributed by atoms with E-state index in [1.165, 1.54) is 0 Å². The Hall–Kier alpha value is -1.56. The SMILES string of the molecule is CC(C)(C)[C@H](NC(=O)NCc1ccsc1)C(=O)O. The number of carboxylic acid groups (broad SMARTS) is 1. The van der Waals surface area contributed by atoms with Gasteiger partial charge in [0.25, 0.3) is 0 Å². The third-order valence-corrected chi connectivity index (χ3v) is 3.15. The lowest BCUT2D eigenvalue weighted by Gasteiger charge is -2.27. The summed E-state index contributed by atoms with van der Waals surface area (Å²) in [6.45, 7) is 5.70. The minimum absolute atomic E-state index is 0.395. The van der Waals surface area contributed by atoms with E-state index in [-0.39, 0.29) is 0 Å². The van der Waals surface area contributed by atoms with E-state index in [1.54, 1.807) is 32.1 Å². The normalized spacial score (nSPS) is 12.8. The Bertz CT molecular complexity index is 409. The molecule has 0 fully saturated rings. The van der Waals surface area contributed by atoms with Crippen molar-refractivity contribution in [3.63, 3.8) is 0 Å². The van der Waals surface area contributed by atoms with Gasteiger partial charge in [0, 0.05) is 6.54 Å². The van der Waals surface area contributed by atoms with Crippen molar-refractivity contribution in [1.29, 1.82) is 0 Å². The van der Waals surface area contributed by atoms with Crippen LogP contribution in [-0.4, -0.2) is 23.1 Å². The molecule has 0 spiro atoms. The van der Waals surface area contributed by atoms with Gasteiger partial charge in [-0.05, 0) is 27.8 Å². The minimum atomic E-state index is -1.03. The highest BCUT2D eigenvalue weighted by Crippen LogP contribution is 2.19. The van der Waals surface area contributed by atoms with Crippen LogP contribution in [0, 0.1) is 5.41 Å². The largest absolute Gasteiger partial charge is 0.480 e. The standard InChI is InChI=1S/C12H18N2O3S/c1-12(2,3)9(10(15)16)14-11(17)13-6-8-4-5-18-7-8/h4-5,7,9H,6H2,1-3H3,(H,15,16)(H2,13,14,17)/t9-/m1/s1. The third-order valence-electron chi connectivity index (χ3n) is 2.42. The molecule has 3 N–H and O–H groups in total. The lowest BCUT2D eigenvalue weighted by molar-refractivity contribution is -0.141. The molecule has 0 aliphatic carbocycles. The van der Waals surface area contributed by atoms with Gasteiger partial charge in [-0.3, -0.25) is 0 Å². The van der Waals surface area contributed by atoms with Crippen LogP contribution in [0.25, 0.3) is 0 Å². The quantitative estimate of drug-likeness (QED) is 0.783. The molecule has 0 saturated heterocycles. The molecule has 0 aliphatic heterocycles. The molecule has 1 aromatic heterocycles. The van der Waals surface area contributed by atoms with Crippen molar-refractivity contribution in [3.05, 3.63) is 22.4 Å². The second-order valence-corrected chi connectivity index (χ2v) is 5.88. The van der Waals surface area contributed by atoms with Crippen molar-refractivity contribution in [2.24, 2.45) is 5.41 Å². The minimum Gasteiger partial charge on any atom is -0.480 e. The summed E-state index contributed by atoms with van der Waals surface area (Å²) >= 11 is 1.55. The molecule has 1 rings (SSSR count). The monoisotopic (exact) mass is 270 g/mol. The van der Waals surface area contributed by atoms with Crippen LogP contribution in [-0.2, 0) is 11.3 Å². The first kappa shape index (κ1) is 14.5. The average Bonchev–Trinajstić information content (AvgIpc) is 2.73. The lowest BCUT2D eigenvalue weighted by Crippen LogP contribution is -2.52. The number of aliphatic carboxylic acids is 1. The van der Waals surface area contributed by atoms with Gasteiger partial charge in [0.05, 0.1) is 0 Å². The fraction of sp³-hybridized carbons (Fsp3) is 0.500. The molecular formula is C12H18N2O3S. The zero-order valence-electron chi connectivity index (χ0n) is 10.7. The van der Waals surface area contributed by atoms with Gasteiger partial charge in [0.2, 0.25) is 0 Å². The summed E-state index contributed by atoms with van der Waals surface area (Å²) in [5.74, 6) is -1.03. The van der Waals surface area contributed by atoms with E-state index in [0.29, 0.717) is 6.54 Å². The Balaban J connectivity index is 2.49. The molecule has 2 amide bonds. The van der Waals surface area contributed by atoms with Crippen LogP contribution >= 0.6 is 11.3 Å². The van der Waals surface area contributed by atoms with Crippen LogP contribution in [0.4, 0.5) is 4.79 Å². The molecule has 5 nitrogen and oxygen atoms in total. The van der Waals surface area contributed by atoms with Crippen LogP contribution in [0.3, 0.4) is 0 Å². The molecule has 0 saturated carbocycles. The van der Waals surface area contributed by atoms with E-state index >= 15 is 0 Å². The lowest BCUT2D eigenvalue weighted by atomic mass is 9.87. The molecule has 0 aliphatic rings. The van der Waals surface area contributed by atoms with Crippen molar-refractivity contribution in [1.82, 2.24) is 10.6 Å². The van der Waals surface area contributed by atoms with Gasteiger partial charge >= 0.3 is 12.0 Å². The first-order valence-corrected chi connectivity index (χ1v) is 6.53. The molecule has 100 valence electrons. The summed E-state index contributed by atoms with van der Waals surface area (Å²) in [5, 5.41) is 18.0. The number of carboxylic acids is 1. The van der Waals surface area contributed by atoms with E-state index in [2.05, 4.69) is 10.6 Å². The van der Waals surface area contributed by atoms with Crippen molar-refractivity contribution in [2.45, 2.75) is 33.4 Å². The summed E-state index contributed by atoms with van der Waals surface area (Å²) < 4.78 is 0. The highest BCUT2D eigenvalue weighted by atomic mass is 32.1. The first-order chi connectivity index (χ1) is 8.30. The molecular weight excluding hydrogens is 252 g/mol. The Labute approximate surface area is 110 Å². The van der Waals surface area contributed by atoms with Crippen LogP contribution in [0.5, 0.6) is 0 Å². The maximum absolute atomic E-state index is 11.6. The van der Waals surface area contributed by atoms with Gasteiger partial charge in [0.1, 0.15) is 6.04 Å². The number of hydrogen-bond acceptors (Lipinski definition) is 3. The molecule has 0 radical (unpaired) electrons. The zero-order chi connectivity index (χ0) is 13.8. The number of carbonyl (C=O) groups is 2. The second-order valence-electron chi connectivity index (χ2n) is 5.10. The molecule has 6 heteroatoms. The average molecular weight is 270 g/mol. The topological polar surface area (TPSA) is 78.4 Å². The first-order valence-electron chi connectivity index (χ1n) is 5.59. The summed E-state index contributed by atoms with van der Waals surface area (Å²) in [4.78, 5) is 22.7. The Morgan fingerprint density at radius 2 is 2.11 bits per heavy atom. The maximum Gasteiger partial charge on any atom is 0.326 e. The summed E-state index contributed by atoms with van der Waals surface area (Å²) in [5.41, 5.74) is 0.462. The number of urea groups is 1. The molecule has 18 heavy (non-hydrogen) atoms. The Morgan fingerprint density at radius 3 is 2.56 bits per heavy atom. The summed E-state index contributed by atoms with van der Waals surface area (Å²) in [6, 6.07) is 0.520. The number of amides is 2. The van der Waals surface area contributed by atoms with Crippen molar-refractivity contribution >= 4 is 23.3 Å². The van der Waals surface area contributed by atoms with E-state index < -0.39 is 23.5 Å². The van der Waals surface area contributed by atoms with Crippen molar-refractivity contribution < 1.29 is 14.7 Å². The Kier molecular flexibility index (Phi) is 4.72. The van der Waals surface area contributed by atoms with Crippen molar-refractivity contribution in [3.8, 4) is 0 Å². The number of rotatable bonds is 4. The Morgan fingerprint density at radius 1 is 1.44 bits per heavy atom. The summed E-state index contributed by atoms with van der Waals surface area (Å²) in [6.07, 6.45) is 0. The number of carbonyl (C=O) groups excluding carboxylic acids is 1. The fourth-order valence-electron chi connectivity index (χ4n) is 1.41. The fourth-order valence-corrected chi connectivity index (χ4v) is 2.07. The molecule has 0 bridgehead atoms. The van der Waals surface area contributed by atoms with Crippen LogP contribution in [0.2, 0.25) is 0 Å². The van der Waals surface area contributed by atoms with E-state index in [1.807, 2.05) is 16.8 Å². The smallest absolute Gasteiger partial charge is 0.326 e. The molecule has 1 aromatic rings. The van der Waals surface area contributed by atoms with Crippen LogP contribution in [0.1, 0.15) is 26.3 Å². The second kappa shape index (κ2) is 5.86. The highest BCUT2D eigenvalue weighted by Gasteiger charge is 2.32. The van der Waals surface area contributed by atoms with E-state index in [0.717, 1.165) is 5.56 Å².